The van der Waals surface area contributed by atoms with Crippen molar-refractivity contribution in [2.75, 3.05) is 13.7 Å². The van der Waals surface area contributed by atoms with Crippen LogP contribution >= 0.6 is 0 Å². The molecule has 3 rings (SSSR count). The van der Waals surface area contributed by atoms with Gasteiger partial charge in [0.2, 0.25) is 11.8 Å². The van der Waals surface area contributed by atoms with Crippen molar-refractivity contribution in [3.05, 3.63) is 46.6 Å². The molecule has 0 unspecified atom stereocenters. The van der Waals surface area contributed by atoms with Gasteiger partial charge in [-0.15, -0.1) is 0 Å². The number of rotatable bonds is 5. The van der Waals surface area contributed by atoms with Crippen molar-refractivity contribution in [2.24, 2.45) is 12.8 Å². The molecule has 1 saturated heterocycles. The predicted molar refractivity (Wildman–Crippen MR) is 91.8 cm³/mol. The number of methoxy groups -OCH3 is 1. The smallest absolute Gasteiger partial charge is 0.248 e. The van der Waals surface area contributed by atoms with Crippen LogP contribution in [0.3, 0.4) is 0 Å². The van der Waals surface area contributed by atoms with E-state index in [1.165, 1.54) is 5.56 Å². The number of aromatic nitrogens is 2. The molecule has 6 heteroatoms. The molecule has 1 atom stereocenters. The third-order valence-corrected chi connectivity index (χ3v) is 4.70. The number of aryl methyl sites for hydroxylation is 2. The van der Waals surface area contributed by atoms with Gasteiger partial charge in [-0.25, -0.2) is 4.68 Å². The van der Waals surface area contributed by atoms with Crippen molar-refractivity contribution in [1.82, 2.24) is 14.7 Å². The van der Waals surface area contributed by atoms with Gasteiger partial charge in [-0.2, -0.15) is 5.10 Å². The second-order valence-electron chi connectivity index (χ2n) is 6.33. The highest BCUT2D eigenvalue weighted by atomic mass is 16.5. The topological polar surface area (TPSA) is 73.4 Å². The Balaban J connectivity index is 1.87. The summed E-state index contributed by atoms with van der Waals surface area (Å²) < 4.78 is 7.37. The van der Waals surface area contributed by atoms with Crippen LogP contribution < -0.4 is 10.5 Å². The third-order valence-electron chi connectivity index (χ3n) is 4.70. The van der Waals surface area contributed by atoms with Crippen molar-refractivity contribution in [1.29, 1.82) is 0 Å². The van der Waals surface area contributed by atoms with Gasteiger partial charge in [0.15, 0.2) is 0 Å². The van der Waals surface area contributed by atoms with E-state index in [-0.39, 0.29) is 11.9 Å². The monoisotopic (exact) mass is 328 g/mol. The van der Waals surface area contributed by atoms with E-state index in [9.17, 15) is 4.79 Å². The maximum atomic E-state index is 11.4. The van der Waals surface area contributed by atoms with Gasteiger partial charge in [0.1, 0.15) is 0 Å². The van der Waals surface area contributed by atoms with E-state index >= 15 is 0 Å². The van der Waals surface area contributed by atoms with Crippen LogP contribution in [0.25, 0.3) is 0 Å². The molecule has 6 nitrogen and oxygen atoms in total. The molecule has 128 valence electrons. The standard InChI is InChI=1S/C18H24N4O2/c1-12-16(18(24-3)21(2)20-12)15-8-5-9-22(15)11-13-6-4-7-14(10-13)17(19)23/h4,6-7,10,15H,5,8-9,11H2,1-3H3,(H2,19,23)/t15-/m0/s1. The molecule has 1 fully saturated rings. The van der Waals surface area contributed by atoms with Gasteiger partial charge in [0.25, 0.3) is 0 Å². The molecule has 0 saturated carbocycles. The number of hydrogen-bond acceptors (Lipinski definition) is 4. The number of carbonyl (C=O) groups excluding carboxylic acids is 1. The number of amides is 1. The van der Waals surface area contributed by atoms with Gasteiger partial charge < -0.3 is 10.5 Å². The summed E-state index contributed by atoms with van der Waals surface area (Å²) in [5, 5.41) is 4.51. The van der Waals surface area contributed by atoms with Crippen LogP contribution in [0.1, 0.15) is 46.1 Å². The number of ether oxygens (including phenoxy) is 1. The molecule has 0 spiro atoms. The molecule has 0 aliphatic carbocycles. The van der Waals surface area contributed by atoms with Crippen LogP contribution in [0.4, 0.5) is 0 Å². The van der Waals surface area contributed by atoms with Gasteiger partial charge in [-0.05, 0) is 44.0 Å². The first-order chi connectivity index (χ1) is 11.5. The molecule has 2 aromatic rings. The summed E-state index contributed by atoms with van der Waals surface area (Å²) >= 11 is 0. The molecule has 1 aliphatic rings. The lowest BCUT2D eigenvalue weighted by Crippen LogP contribution is -2.23. The second kappa shape index (κ2) is 6.65. The van der Waals surface area contributed by atoms with E-state index in [0.717, 1.165) is 43.1 Å². The minimum atomic E-state index is -0.389. The number of likely N-dealkylation sites (tertiary alicyclic amines) is 1. The highest BCUT2D eigenvalue weighted by Crippen LogP contribution is 2.39. The average Bonchev–Trinajstić information content (AvgIpc) is 3.10. The molecule has 1 aromatic heterocycles. The van der Waals surface area contributed by atoms with Gasteiger partial charge in [0, 0.05) is 25.2 Å². The Morgan fingerprint density at radius 3 is 2.96 bits per heavy atom. The Morgan fingerprint density at radius 1 is 1.46 bits per heavy atom. The number of benzene rings is 1. The van der Waals surface area contributed by atoms with Gasteiger partial charge >= 0.3 is 0 Å². The fraction of sp³-hybridized carbons (Fsp3) is 0.444. The van der Waals surface area contributed by atoms with Crippen molar-refractivity contribution in [3.8, 4) is 5.88 Å². The number of nitrogens with zero attached hydrogens (tertiary/aromatic N) is 3. The zero-order valence-corrected chi connectivity index (χ0v) is 14.5. The van der Waals surface area contributed by atoms with Gasteiger partial charge in [-0.1, -0.05) is 12.1 Å². The highest BCUT2D eigenvalue weighted by Gasteiger charge is 2.32. The summed E-state index contributed by atoms with van der Waals surface area (Å²) in [5.41, 5.74) is 9.22. The second-order valence-corrected chi connectivity index (χ2v) is 6.33. The maximum absolute atomic E-state index is 11.4. The largest absolute Gasteiger partial charge is 0.481 e. The number of hydrogen-bond donors (Lipinski definition) is 1. The summed E-state index contributed by atoms with van der Waals surface area (Å²) in [6.07, 6.45) is 2.22. The van der Waals surface area contributed by atoms with Crippen LogP contribution in [0.15, 0.2) is 24.3 Å². The number of nitrogens with two attached hydrogens (primary N) is 1. The molecule has 2 heterocycles. The molecule has 1 aromatic carbocycles. The van der Waals surface area contributed by atoms with Crippen molar-refractivity contribution in [3.63, 3.8) is 0 Å². The maximum Gasteiger partial charge on any atom is 0.248 e. The SMILES string of the molecule is COc1c([C@@H]2CCCN2Cc2cccc(C(N)=O)c2)c(C)nn1C. The lowest BCUT2D eigenvalue weighted by atomic mass is 10.0. The summed E-state index contributed by atoms with van der Waals surface area (Å²) in [7, 11) is 3.60. The molecule has 0 radical (unpaired) electrons. The minimum Gasteiger partial charge on any atom is -0.481 e. The van der Waals surface area contributed by atoms with Gasteiger partial charge in [-0.3, -0.25) is 9.69 Å². The lowest BCUT2D eigenvalue weighted by Gasteiger charge is -2.25. The Bertz CT molecular complexity index is 753. The average molecular weight is 328 g/mol. The quantitative estimate of drug-likeness (QED) is 0.913. The van der Waals surface area contributed by atoms with E-state index in [0.29, 0.717) is 5.56 Å². The van der Waals surface area contributed by atoms with Crippen LogP contribution in [-0.2, 0) is 13.6 Å². The first-order valence-corrected chi connectivity index (χ1v) is 8.21. The van der Waals surface area contributed by atoms with E-state index in [4.69, 9.17) is 10.5 Å². The predicted octanol–water partition coefficient (Wildman–Crippen LogP) is 2.17. The molecular formula is C18H24N4O2. The molecule has 2 N–H and O–H groups in total. The summed E-state index contributed by atoms with van der Waals surface area (Å²) in [4.78, 5) is 13.8. The van der Waals surface area contributed by atoms with E-state index in [2.05, 4.69) is 10.00 Å². The van der Waals surface area contributed by atoms with Crippen LogP contribution in [0.2, 0.25) is 0 Å². The number of carbonyl (C=O) groups is 1. The van der Waals surface area contributed by atoms with Crippen molar-refractivity contribution in [2.45, 2.75) is 32.4 Å². The van der Waals surface area contributed by atoms with Gasteiger partial charge in [0.05, 0.1) is 18.4 Å². The zero-order valence-electron chi connectivity index (χ0n) is 14.5. The third kappa shape index (κ3) is 3.01. The zero-order chi connectivity index (χ0) is 17.3. The lowest BCUT2D eigenvalue weighted by molar-refractivity contribution is 0.1000. The first-order valence-electron chi connectivity index (χ1n) is 8.21. The fourth-order valence-electron chi connectivity index (χ4n) is 3.68. The highest BCUT2D eigenvalue weighted by molar-refractivity contribution is 5.92. The molecular weight excluding hydrogens is 304 g/mol. The molecule has 0 bridgehead atoms. The molecule has 1 amide bonds. The van der Waals surface area contributed by atoms with E-state index in [1.54, 1.807) is 17.9 Å². The molecule has 1 aliphatic heterocycles. The Kier molecular flexibility index (Phi) is 4.57. The summed E-state index contributed by atoms with van der Waals surface area (Å²) in [6, 6.07) is 7.84. The van der Waals surface area contributed by atoms with Crippen LogP contribution in [-0.4, -0.2) is 34.2 Å². The van der Waals surface area contributed by atoms with Crippen molar-refractivity contribution < 1.29 is 9.53 Å². The van der Waals surface area contributed by atoms with E-state index in [1.807, 2.05) is 32.2 Å². The normalized spacial score (nSPS) is 18.0. The van der Waals surface area contributed by atoms with Crippen LogP contribution in [0, 0.1) is 6.92 Å². The number of primary amides is 1. The van der Waals surface area contributed by atoms with Crippen LogP contribution in [0.5, 0.6) is 5.88 Å². The Labute approximate surface area is 142 Å². The minimum absolute atomic E-state index is 0.283. The first kappa shape index (κ1) is 16.5. The van der Waals surface area contributed by atoms with Crippen molar-refractivity contribution >= 4 is 5.91 Å². The summed E-state index contributed by atoms with van der Waals surface area (Å²) in [5.74, 6) is 0.440. The Morgan fingerprint density at radius 2 is 2.25 bits per heavy atom. The fourth-order valence-corrected chi connectivity index (χ4v) is 3.68. The summed E-state index contributed by atoms with van der Waals surface area (Å²) in [6.45, 7) is 3.83. The Hall–Kier alpha value is -2.34. The van der Waals surface area contributed by atoms with E-state index < -0.39 is 0 Å². The molecule has 24 heavy (non-hydrogen) atoms.